The minimum atomic E-state index is -0.225. The van der Waals surface area contributed by atoms with Gasteiger partial charge >= 0.3 is 5.97 Å². The highest BCUT2D eigenvalue weighted by molar-refractivity contribution is 8.26. The maximum absolute atomic E-state index is 13.7. The molecule has 0 unspecified atom stereocenters. The molecule has 0 radical (unpaired) electrons. The van der Waals surface area contributed by atoms with E-state index in [0.29, 0.717) is 58.8 Å². The first-order valence-corrected chi connectivity index (χ1v) is 13.8. The van der Waals surface area contributed by atoms with Crippen molar-refractivity contribution >= 4 is 57.7 Å². The topological polar surface area (TPSA) is 84.2 Å². The first-order chi connectivity index (χ1) is 17.4. The molecule has 2 aromatic heterocycles. The zero-order valence-corrected chi connectivity index (χ0v) is 22.2. The minimum absolute atomic E-state index is 0.127. The Morgan fingerprint density at radius 2 is 1.94 bits per heavy atom. The van der Waals surface area contributed by atoms with Crippen LogP contribution in [0.1, 0.15) is 56.6 Å². The Morgan fingerprint density at radius 1 is 1.22 bits per heavy atom. The number of fused-ring (bicyclic) bond motifs is 1. The highest BCUT2D eigenvalue weighted by Crippen LogP contribution is 2.38. The number of hydrogen-bond acceptors (Lipinski definition) is 8. The van der Waals surface area contributed by atoms with E-state index in [1.807, 2.05) is 30.9 Å². The summed E-state index contributed by atoms with van der Waals surface area (Å²) in [4.78, 5) is 48.5. The number of hydrogen-bond donors (Lipinski definition) is 0. The second-order valence-electron chi connectivity index (χ2n) is 9.54. The van der Waals surface area contributed by atoms with Crippen LogP contribution >= 0.6 is 24.0 Å². The van der Waals surface area contributed by atoms with Gasteiger partial charge in [-0.2, -0.15) is 0 Å². The molecule has 0 aromatic carbocycles. The molecule has 0 bridgehead atoms. The second kappa shape index (κ2) is 10.3. The van der Waals surface area contributed by atoms with Gasteiger partial charge in [0.25, 0.3) is 11.5 Å². The Labute approximate surface area is 219 Å². The molecule has 8 nitrogen and oxygen atoms in total. The molecular weight excluding hydrogens is 496 g/mol. The number of nitrogens with zero attached hydrogens (tertiary/aromatic N) is 4. The number of thiocarbonyl (C=S) groups is 1. The van der Waals surface area contributed by atoms with Crippen molar-refractivity contribution in [1.82, 2.24) is 14.3 Å². The summed E-state index contributed by atoms with van der Waals surface area (Å²) >= 11 is 6.82. The predicted molar refractivity (Wildman–Crippen MR) is 145 cm³/mol. The number of ether oxygens (including phenoxy) is 1. The molecular formula is C26H30N4O4S2. The van der Waals surface area contributed by atoms with E-state index in [-0.39, 0.29) is 29.4 Å². The van der Waals surface area contributed by atoms with Crippen LogP contribution in [0.5, 0.6) is 0 Å². The Balaban J connectivity index is 1.53. The molecule has 1 amide bonds. The summed E-state index contributed by atoms with van der Waals surface area (Å²) in [6, 6.07) is 3.88. The third-order valence-electron chi connectivity index (χ3n) is 7.27. The molecule has 2 aliphatic heterocycles. The van der Waals surface area contributed by atoms with E-state index >= 15 is 0 Å². The van der Waals surface area contributed by atoms with Gasteiger partial charge in [0.2, 0.25) is 0 Å². The highest BCUT2D eigenvalue weighted by atomic mass is 32.2. The fraction of sp³-hybridized carbons (Fsp3) is 0.500. The highest BCUT2D eigenvalue weighted by Gasteiger charge is 2.38. The standard InChI is InChI=1S/C26H30N4O4S2/c1-3-34-25(33)17-10-13-28(14-11-17)22-19(23(31)29-12-6-7-16(2)21(29)27-22)15-20-24(32)30(26(35)36-20)18-8-4-5-9-18/h6-7,12,15,17-18H,3-5,8-11,13-14H2,1-2H3. The van der Waals surface area contributed by atoms with E-state index in [0.717, 1.165) is 31.2 Å². The number of amides is 1. The van der Waals surface area contributed by atoms with Gasteiger partial charge in [0, 0.05) is 25.3 Å². The first-order valence-electron chi connectivity index (χ1n) is 12.6. The van der Waals surface area contributed by atoms with Crippen LogP contribution in [-0.4, -0.2) is 56.2 Å². The van der Waals surface area contributed by atoms with Gasteiger partial charge in [-0.05, 0) is 57.2 Å². The lowest BCUT2D eigenvalue weighted by Gasteiger charge is -2.32. The maximum Gasteiger partial charge on any atom is 0.309 e. The van der Waals surface area contributed by atoms with Gasteiger partial charge in [-0.15, -0.1) is 0 Å². The average molecular weight is 527 g/mol. The number of aromatic nitrogens is 2. The molecule has 5 rings (SSSR count). The number of carbonyl (C=O) groups excluding carboxylic acids is 2. The van der Waals surface area contributed by atoms with Crippen molar-refractivity contribution in [2.24, 2.45) is 5.92 Å². The van der Waals surface area contributed by atoms with E-state index in [1.165, 1.54) is 16.2 Å². The summed E-state index contributed by atoms with van der Waals surface area (Å²) in [5, 5.41) is 0. The van der Waals surface area contributed by atoms with E-state index < -0.39 is 0 Å². The van der Waals surface area contributed by atoms with Crippen molar-refractivity contribution in [3.63, 3.8) is 0 Å². The van der Waals surface area contributed by atoms with Crippen LogP contribution in [0.25, 0.3) is 11.7 Å². The Bertz CT molecular complexity index is 1310. The van der Waals surface area contributed by atoms with Crippen molar-refractivity contribution in [3.8, 4) is 0 Å². The molecule has 190 valence electrons. The summed E-state index contributed by atoms with van der Waals surface area (Å²) in [7, 11) is 0. The number of carbonyl (C=O) groups is 2. The van der Waals surface area contributed by atoms with Crippen LogP contribution in [0.3, 0.4) is 0 Å². The number of aryl methyl sites for hydroxylation is 1. The van der Waals surface area contributed by atoms with Gasteiger partial charge in [-0.1, -0.05) is 42.9 Å². The lowest BCUT2D eigenvalue weighted by Crippen LogP contribution is -2.39. The van der Waals surface area contributed by atoms with E-state index in [9.17, 15) is 14.4 Å². The molecule has 0 spiro atoms. The van der Waals surface area contributed by atoms with E-state index in [2.05, 4.69) is 0 Å². The summed E-state index contributed by atoms with van der Waals surface area (Å²) in [6.07, 6.45) is 8.73. The lowest BCUT2D eigenvalue weighted by atomic mass is 9.96. The second-order valence-corrected chi connectivity index (χ2v) is 11.2. The summed E-state index contributed by atoms with van der Waals surface area (Å²) in [5.41, 5.74) is 1.62. The van der Waals surface area contributed by atoms with Gasteiger partial charge in [-0.25, -0.2) is 4.98 Å². The van der Waals surface area contributed by atoms with Crippen LogP contribution in [-0.2, 0) is 14.3 Å². The quantitative estimate of drug-likeness (QED) is 0.329. The zero-order valence-electron chi connectivity index (χ0n) is 20.6. The smallest absolute Gasteiger partial charge is 0.309 e. The van der Waals surface area contributed by atoms with Crippen molar-refractivity contribution < 1.29 is 14.3 Å². The number of esters is 1. The van der Waals surface area contributed by atoms with Gasteiger partial charge < -0.3 is 9.64 Å². The summed E-state index contributed by atoms with van der Waals surface area (Å²) < 4.78 is 7.30. The van der Waals surface area contributed by atoms with Crippen molar-refractivity contribution in [2.45, 2.75) is 58.4 Å². The van der Waals surface area contributed by atoms with Crippen molar-refractivity contribution in [3.05, 3.63) is 44.7 Å². The van der Waals surface area contributed by atoms with Gasteiger partial charge in [0.1, 0.15) is 15.8 Å². The van der Waals surface area contributed by atoms with Crippen LogP contribution < -0.4 is 10.5 Å². The Kier molecular flexibility index (Phi) is 7.16. The predicted octanol–water partition coefficient (Wildman–Crippen LogP) is 3.93. The summed E-state index contributed by atoms with van der Waals surface area (Å²) in [6.45, 7) is 5.24. The molecule has 36 heavy (non-hydrogen) atoms. The van der Waals surface area contributed by atoms with Crippen LogP contribution in [0.4, 0.5) is 5.82 Å². The molecule has 10 heteroatoms. The zero-order chi connectivity index (χ0) is 25.4. The molecule has 0 atom stereocenters. The molecule has 3 fully saturated rings. The Hall–Kier alpha value is -2.72. The lowest BCUT2D eigenvalue weighted by molar-refractivity contribution is -0.148. The Morgan fingerprint density at radius 3 is 2.64 bits per heavy atom. The molecule has 0 N–H and O–H groups in total. The number of thioether (sulfide) groups is 1. The average Bonchev–Trinajstić information content (AvgIpc) is 3.49. The van der Waals surface area contributed by atoms with Crippen LogP contribution in [0.2, 0.25) is 0 Å². The van der Waals surface area contributed by atoms with Crippen molar-refractivity contribution in [2.75, 3.05) is 24.6 Å². The van der Waals surface area contributed by atoms with Gasteiger partial charge in [-0.3, -0.25) is 23.7 Å². The molecule has 4 heterocycles. The third kappa shape index (κ3) is 4.56. The third-order valence-corrected chi connectivity index (χ3v) is 8.60. The molecule has 2 saturated heterocycles. The van der Waals surface area contributed by atoms with Crippen LogP contribution in [0.15, 0.2) is 28.0 Å². The van der Waals surface area contributed by atoms with E-state index in [1.54, 1.807) is 17.2 Å². The SMILES string of the molecule is CCOC(=O)C1CCN(c2nc3c(C)cccn3c(=O)c2C=C2SC(=S)N(C3CCCC3)C2=O)CC1. The van der Waals surface area contributed by atoms with Crippen molar-refractivity contribution in [1.29, 1.82) is 0 Å². The number of rotatable bonds is 5. The van der Waals surface area contributed by atoms with Gasteiger partial charge in [0.15, 0.2) is 0 Å². The first kappa shape index (κ1) is 25.0. The van der Waals surface area contributed by atoms with Gasteiger partial charge in [0.05, 0.1) is 23.0 Å². The normalized spacial score (nSPS) is 20.8. The molecule has 1 aliphatic carbocycles. The monoisotopic (exact) mass is 526 g/mol. The number of piperidine rings is 1. The number of pyridine rings is 1. The fourth-order valence-electron chi connectivity index (χ4n) is 5.34. The fourth-order valence-corrected chi connectivity index (χ4v) is 6.73. The molecule has 2 aromatic rings. The molecule has 3 aliphatic rings. The largest absolute Gasteiger partial charge is 0.466 e. The molecule has 1 saturated carbocycles. The minimum Gasteiger partial charge on any atom is -0.466 e. The maximum atomic E-state index is 13.7. The number of anilines is 1. The van der Waals surface area contributed by atoms with E-state index in [4.69, 9.17) is 21.9 Å². The van der Waals surface area contributed by atoms with Crippen LogP contribution in [0, 0.1) is 12.8 Å². The summed E-state index contributed by atoms with van der Waals surface area (Å²) in [5.74, 6) is 0.0892.